The van der Waals surface area contributed by atoms with Gasteiger partial charge in [0.25, 0.3) is 0 Å². The van der Waals surface area contributed by atoms with Crippen molar-refractivity contribution >= 4 is 11.8 Å². The summed E-state index contributed by atoms with van der Waals surface area (Å²) >= 11 is 0. The van der Waals surface area contributed by atoms with Crippen molar-refractivity contribution in [3.05, 3.63) is 29.6 Å². The molecule has 1 aliphatic rings. The van der Waals surface area contributed by atoms with Crippen molar-refractivity contribution in [2.75, 3.05) is 7.05 Å². The Kier molecular flexibility index (Phi) is 3.29. The molecule has 0 radical (unpaired) electrons. The van der Waals surface area contributed by atoms with E-state index in [4.69, 9.17) is 5.11 Å². The maximum atomic E-state index is 13.1. The molecule has 1 heterocycles. The van der Waals surface area contributed by atoms with Gasteiger partial charge >= 0.3 is 0 Å². The van der Waals surface area contributed by atoms with E-state index in [2.05, 4.69) is 5.32 Å². The predicted octanol–water partition coefficient (Wildman–Crippen LogP) is 0.378. The van der Waals surface area contributed by atoms with E-state index < -0.39 is 17.6 Å². The molecule has 1 unspecified atom stereocenters. The van der Waals surface area contributed by atoms with Gasteiger partial charge in [0, 0.05) is 13.6 Å². The molecule has 0 aromatic heterocycles. The Bertz CT molecular complexity index is 504. The van der Waals surface area contributed by atoms with Gasteiger partial charge in [0.2, 0.25) is 11.8 Å². The van der Waals surface area contributed by atoms with Crippen LogP contribution in [0.2, 0.25) is 0 Å². The number of nitrogens with zero attached hydrogens (tertiary/aromatic N) is 1. The van der Waals surface area contributed by atoms with Crippen LogP contribution >= 0.6 is 0 Å². The summed E-state index contributed by atoms with van der Waals surface area (Å²) in [6, 6.07) is 3.43. The Morgan fingerprint density at radius 2 is 2.22 bits per heavy atom. The number of hydrogen-bond donors (Lipinski definition) is 2. The van der Waals surface area contributed by atoms with E-state index in [-0.39, 0.29) is 24.8 Å². The van der Waals surface area contributed by atoms with E-state index in [1.807, 2.05) is 0 Å². The van der Waals surface area contributed by atoms with Gasteiger partial charge in [-0.15, -0.1) is 0 Å². The van der Waals surface area contributed by atoms with Crippen LogP contribution in [-0.4, -0.2) is 34.9 Å². The van der Waals surface area contributed by atoms with Crippen LogP contribution in [0.1, 0.15) is 12.0 Å². The lowest BCUT2D eigenvalue weighted by atomic mass is 10.2. The van der Waals surface area contributed by atoms with Gasteiger partial charge in [-0.05, 0) is 17.7 Å². The van der Waals surface area contributed by atoms with Gasteiger partial charge in [0.1, 0.15) is 0 Å². The van der Waals surface area contributed by atoms with Gasteiger partial charge in [0.15, 0.2) is 11.6 Å². The zero-order valence-corrected chi connectivity index (χ0v) is 9.81. The van der Waals surface area contributed by atoms with Crippen LogP contribution in [0.15, 0.2) is 18.2 Å². The molecular weight excluding hydrogens is 239 g/mol. The van der Waals surface area contributed by atoms with Gasteiger partial charge in [-0.25, -0.2) is 4.39 Å². The number of phenols is 1. The molecule has 2 amide bonds. The first-order valence-electron chi connectivity index (χ1n) is 5.50. The maximum absolute atomic E-state index is 13.1. The first-order valence-corrected chi connectivity index (χ1v) is 5.50. The number of hydrogen-bond acceptors (Lipinski definition) is 4. The minimum Gasteiger partial charge on any atom is -0.505 e. The Hall–Kier alpha value is -1.95. The van der Waals surface area contributed by atoms with Crippen molar-refractivity contribution in [3.63, 3.8) is 0 Å². The summed E-state index contributed by atoms with van der Waals surface area (Å²) in [5, 5.41) is 11.9. The van der Waals surface area contributed by atoms with Crippen molar-refractivity contribution in [2.45, 2.75) is 19.0 Å². The number of rotatable bonds is 3. The molecule has 0 saturated carbocycles. The molecule has 1 saturated heterocycles. The zero-order valence-electron chi connectivity index (χ0n) is 9.81. The number of likely N-dealkylation sites (N-methyl/N-ethyl adjacent to an activating group) is 1. The highest BCUT2D eigenvalue weighted by Gasteiger charge is 2.35. The molecule has 18 heavy (non-hydrogen) atoms. The molecule has 5 nitrogen and oxygen atoms in total. The van der Waals surface area contributed by atoms with Crippen molar-refractivity contribution in [1.29, 1.82) is 0 Å². The lowest BCUT2D eigenvalue weighted by Gasteiger charge is -2.11. The number of aromatic hydroxyl groups is 1. The zero-order chi connectivity index (χ0) is 13.3. The lowest BCUT2D eigenvalue weighted by Crippen LogP contribution is -2.36. The van der Waals surface area contributed by atoms with E-state index in [9.17, 15) is 14.0 Å². The van der Waals surface area contributed by atoms with Gasteiger partial charge in [-0.2, -0.15) is 0 Å². The van der Waals surface area contributed by atoms with Crippen LogP contribution < -0.4 is 5.32 Å². The summed E-state index contributed by atoms with van der Waals surface area (Å²) in [7, 11) is 1.44. The first kappa shape index (κ1) is 12.5. The molecule has 1 aliphatic heterocycles. The van der Waals surface area contributed by atoms with Crippen molar-refractivity contribution in [2.24, 2.45) is 0 Å². The smallest absolute Gasteiger partial charge is 0.246 e. The number of carbonyl (C=O) groups excluding carboxylic acids is 2. The van der Waals surface area contributed by atoms with E-state index >= 15 is 0 Å². The third-order valence-corrected chi connectivity index (χ3v) is 2.95. The third kappa shape index (κ3) is 2.33. The minimum atomic E-state index is -0.708. The van der Waals surface area contributed by atoms with E-state index in [1.54, 1.807) is 6.07 Å². The molecule has 0 spiro atoms. The van der Waals surface area contributed by atoms with Crippen molar-refractivity contribution in [1.82, 2.24) is 10.2 Å². The monoisotopic (exact) mass is 252 g/mol. The number of imide groups is 1. The number of likely N-dealkylation sites (tertiary alicyclic amines) is 1. The summed E-state index contributed by atoms with van der Waals surface area (Å²) < 4.78 is 13.1. The molecule has 1 atom stereocenters. The second-order valence-electron chi connectivity index (χ2n) is 4.21. The molecule has 2 N–H and O–H groups in total. The van der Waals surface area contributed by atoms with Crippen molar-refractivity contribution < 1.29 is 19.1 Å². The maximum Gasteiger partial charge on any atom is 0.246 e. The highest BCUT2D eigenvalue weighted by molar-refractivity contribution is 6.05. The molecule has 96 valence electrons. The fraction of sp³-hybridized carbons (Fsp3) is 0.333. The molecular formula is C12H13FN2O3. The number of amides is 2. The average molecular weight is 252 g/mol. The van der Waals surface area contributed by atoms with Crippen LogP contribution in [0.4, 0.5) is 4.39 Å². The van der Waals surface area contributed by atoms with Gasteiger partial charge < -0.3 is 10.4 Å². The Labute approximate surface area is 103 Å². The number of nitrogens with one attached hydrogen (secondary N) is 1. The second kappa shape index (κ2) is 4.73. The molecule has 6 heteroatoms. The Morgan fingerprint density at radius 3 is 2.78 bits per heavy atom. The molecule has 0 aliphatic carbocycles. The fourth-order valence-electron chi connectivity index (χ4n) is 1.82. The van der Waals surface area contributed by atoms with E-state index in [0.29, 0.717) is 5.56 Å². The summed E-state index contributed by atoms with van der Waals surface area (Å²) in [5.74, 6) is -1.63. The summed E-state index contributed by atoms with van der Waals surface area (Å²) in [4.78, 5) is 23.9. The largest absolute Gasteiger partial charge is 0.505 e. The van der Waals surface area contributed by atoms with Crippen LogP contribution in [0.3, 0.4) is 0 Å². The molecule has 2 rings (SSSR count). The topological polar surface area (TPSA) is 69.6 Å². The third-order valence-electron chi connectivity index (χ3n) is 2.95. The SMILES string of the molecule is CN1C(=O)CC(NCc2ccc(O)c(F)c2)C1=O. The van der Waals surface area contributed by atoms with E-state index in [0.717, 1.165) is 4.90 Å². The molecule has 1 fully saturated rings. The molecule has 1 aromatic rings. The molecule has 0 bridgehead atoms. The van der Waals surface area contributed by atoms with Crippen LogP contribution in [-0.2, 0) is 16.1 Å². The average Bonchev–Trinajstić information content (AvgIpc) is 2.58. The number of phenolic OH excluding ortho intramolecular Hbond substituents is 1. The summed E-state index contributed by atoms with van der Waals surface area (Å²) in [6.07, 6.45) is 0.121. The highest BCUT2D eigenvalue weighted by atomic mass is 19.1. The quantitative estimate of drug-likeness (QED) is 0.763. The highest BCUT2D eigenvalue weighted by Crippen LogP contribution is 2.17. The van der Waals surface area contributed by atoms with Gasteiger partial charge in [0.05, 0.1) is 12.5 Å². The lowest BCUT2D eigenvalue weighted by molar-refractivity contribution is -0.137. The van der Waals surface area contributed by atoms with Crippen molar-refractivity contribution in [3.8, 4) is 5.75 Å². The van der Waals surface area contributed by atoms with E-state index in [1.165, 1.54) is 19.2 Å². The number of benzene rings is 1. The van der Waals surface area contributed by atoms with Crippen LogP contribution in [0.25, 0.3) is 0 Å². The predicted molar refractivity (Wildman–Crippen MR) is 61.1 cm³/mol. The van der Waals surface area contributed by atoms with Gasteiger partial charge in [-0.3, -0.25) is 14.5 Å². The van der Waals surface area contributed by atoms with Gasteiger partial charge in [-0.1, -0.05) is 6.07 Å². The Balaban J connectivity index is 1.98. The number of carbonyl (C=O) groups is 2. The van der Waals surface area contributed by atoms with Crippen LogP contribution in [0.5, 0.6) is 5.75 Å². The molecule has 1 aromatic carbocycles. The Morgan fingerprint density at radius 1 is 1.50 bits per heavy atom. The number of halogens is 1. The standard InChI is InChI=1S/C12H13FN2O3/c1-15-11(17)5-9(12(15)18)14-6-7-2-3-10(16)8(13)4-7/h2-4,9,14,16H,5-6H2,1H3. The summed E-state index contributed by atoms with van der Waals surface area (Å²) in [6.45, 7) is 0.259. The minimum absolute atomic E-state index is 0.121. The first-order chi connectivity index (χ1) is 8.49. The fourth-order valence-corrected chi connectivity index (χ4v) is 1.82. The van der Waals surface area contributed by atoms with Crippen LogP contribution in [0, 0.1) is 5.82 Å². The second-order valence-corrected chi connectivity index (χ2v) is 4.21. The summed E-state index contributed by atoms with van der Waals surface area (Å²) in [5.41, 5.74) is 0.597. The normalized spacial score (nSPS) is 19.7.